The maximum absolute atomic E-state index is 9.50. The fourth-order valence-corrected chi connectivity index (χ4v) is 1.24. The molecule has 0 saturated carbocycles. The summed E-state index contributed by atoms with van der Waals surface area (Å²) < 4.78 is 10.6. The Kier molecular flexibility index (Phi) is 2.45. The van der Waals surface area contributed by atoms with Crippen LogP contribution in [0.2, 0.25) is 0 Å². The summed E-state index contributed by atoms with van der Waals surface area (Å²) in [6.45, 7) is 1.66. The van der Waals surface area contributed by atoms with Gasteiger partial charge in [0.25, 0.3) is 0 Å². The first-order valence-electron chi connectivity index (χ1n) is 4.54. The van der Waals surface area contributed by atoms with Crippen molar-refractivity contribution in [3.63, 3.8) is 0 Å². The molecular formula is C10H13NO3. The summed E-state index contributed by atoms with van der Waals surface area (Å²) in [5.41, 5.74) is 0. The molecule has 1 saturated heterocycles. The van der Waals surface area contributed by atoms with E-state index >= 15 is 0 Å². The Morgan fingerprint density at radius 3 is 2.79 bits per heavy atom. The molecule has 0 aliphatic carbocycles. The smallest absolute Gasteiger partial charge is 0.165 e. The second kappa shape index (κ2) is 3.75. The van der Waals surface area contributed by atoms with Crippen LogP contribution in [0.25, 0.3) is 0 Å². The first-order valence-corrected chi connectivity index (χ1v) is 4.54. The third-order valence-electron chi connectivity index (χ3n) is 2.20. The quantitative estimate of drug-likeness (QED) is 0.747. The molecule has 76 valence electrons. The largest absolute Gasteiger partial charge is 0.504 e. The molecule has 1 aromatic rings. The number of phenolic OH excluding ortho intramolecular Hbond substituents is 1. The molecule has 0 aromatic heterocycles. The summed E-state index contributed by atoms with van der Waals surface area (Å²) >= 11 is 0. The SMILES string of the molecule is COc1ccc(O)c(OC2CNC2)c1. The molecule has 1 aliphatic heterocycles. The van der Waals surface area contributed by atoms with Crippen molar-refractivity contribution in [3.05, 3.63) is 18.2 Å². The van der Waals surface area contributed by atoms with E-state index in [9.17, 15) is 5.11 Å². The average Bonchev–Trinajstić information content (AvgIpc) is 2.14. The third kappa shape index (κ3) is 1.75. The van der Waals surface area contributed by atoms with Crippen molar-refractivity contribution in [2.45, 2.75) is 6.10 Å². The minimum absolute atomic E-state index is 0.151. The normalized spacial score (nSPS) is 16.1. The highest BCUT2D eigenvalue weighted by atomic mass is 16.5. The molecule has 1 fully saturated rings. The lowest BCUT2D eigenvalue weighted by atomic mass is 10.2. The van der Waals surface area contributed by atoms with Gasteiger partial charge in [-0.15, -0.1) is 0 Å². The number of hydrogen-bond acceptors (Lipinski definition) is 4. The van der Waals surface area contributed by atoms with Gasteiger partial charge in [0.2, 0.25) is 0 Å². The zero-order chi connectivity index (χ0) is 9.97. The van der Waals surface area contributed by atoms with E-state index in [0.29, 0.717) is 11.5 Å². The molecule has 0 unspecified atom stereocenters. The van der Waals surface area contributed by atoms with E-state index < -0.39 is 0 Å². The second-order valence-electron chi connectivity index (χ2n) is 3.23. The number of ether oxygens (including phenoxy) is 2. The van der Waals surface area contributed by atoms with E-state index in [1.165, 1.54) is 0 Å². The van der Waals surface area contributed by atoms with Crippen LogP contribution >= 0.6 is 0 Å². The van der Waals surface area contributed by atoms with Crippen molar-refractivity contribution in [2.75, 3.05) is 20.2 Å². The Labute approximate surface area is 82.5 Å². The molecular weight excluding hydrogens is 182 g/mol. The fourth-order valence-electron chi connectivity index (χ4n) is 1.24. The molecule has 4 nitrogen and oxygen atoms in total. The highest BCUT2D eigenvalue weighted by Crippen LogP contribution is 2.31. The lowest BCUT2D eigenvalue weighted by Crippen LogP contribution is -2.50. The highest BCUT2D eigenvalue weighted by Gasteiger charge is 2.19. The van der Waals surface area contributed by atoms with Crippen LogP contribution in [-0.2, 0) is 0 Å². The van der Waals surface area contributed by atoms with Crippen LogP contribution in [0.15, 0.2) is 18.2 Å². The lowest BCUT2D eigenvalue weighted by molar-refractivity contribution is 0.137. The van der Waals surface area contributed by atoms with Gasteiger partial charge >= 0.3 is 0 Å². The average molecular weight is 195 g/mol. The number of rotatable bonds is 3. The van der Waals surface area contributed by atoms with E-state index in [0.717, 1.165) is 13.1 Å². The maximum Gasteiger partial charge on any atom is 0.165 e. The van der Waals surface area contributed by atoms with Gasteiger partial charge in [-0.3, -0.25) is 0 Å². The number of phenols is 1. The van der Waals surface area contributed by atoms with E-state index in [-0.39, 0.29) is 11.9 Å². The predicted molar refractivity (Wildman–Crippen MR) is 51.9 cm³/mol. The molecule has 4 heteroatoms. The molecule has 0 amide bonds. The topological polar surface area (TPSA) is 50.7 Å². The Bertz CT molecular complexity index is 323. The van der Waals surface area contributed by atoms with Crippen molar-refractivity contribution < 1.29 is 14.6 Å². The molecule has 0 bridgehead atoms. The molecule has 1 aromatic carbocycles. The summed E-state index contributed by atoms with van der Waals surface area (Å²) in [5.74, 6) is 1.32. The van der Waals surface area contributed by atoms with E-state index in [1.54, 1.807) is 25.3 Å². The fraction of sp³-hybridized carbons (Fsp3) is 0.400. The van der Waals surface area contributed by atoms with Crippen LogP contribution in [0.5, 0.6) is 17.2 Å². The van der Waals surface area contributed by atoms with Crippen molar-refractivity contribution in [3.8, 4) is 17.2 Å². The predicted octanol–water partition coefficient (Wildman–Crippen LogP) is 0.751. The standard InChI is InChI=1S/C10H13NO3/c1-13-7-2-3-9(12)10(4-7)14-8-5-11-6-8/h2-4,8,11-12H,5-6H2,1H3. The monoisotopic (exact) mass is 195 g/mol. The summed E-state index contributed by atoms with van der Waals surface area (Å²) in [4.78, 5) is 0. The van der Waals surface area contributed by atoms with Gasteiger partial charge in [-0.2, -0.15) is 0 Å². The molecule has 0 radical (unpaired) electrons. The Morgan fingerprint density at radius 1 is 1.43 bits per heavy atom. The van der Waals surface area contributed by atoms with Crippen LogP contribution in [-0.4, -0.2) is 31.4 Å². The van der Waals surface area contributed by atoms with Crippen LogP contribution in [0, 0.1) is 0 Å². The van der Waals surface area contributed by atoms with Gasteiger partial charge in [-0.1, -0.05) is 0 Å². The van der Waals surface area contributed by atoms with E-state index in [1.807, 2.05) is 0 Å². The van der Waals surface area contributed by atoms with Crippen LogP contribution in [0.4, 0.5) is 0 Å². The number of benzene rings is 1. The van der Waals surface area contributed by atoms with Gasteiger partial charge in [-0.05, 0) is 12.1 Å². The Morgan fingerprint density at radius 2 is 2.21 bits per heavy atom. The van der Waals surface area contributed by atoms with E-state index in [2.05, 4.69) is 5.32 Å². The van der Waals surface area contributed by atoms with Gasteiger partial charge in [0, 0.05) is 19.2 Å². The second-order valence-corrected chi connectivity index (χ2v) is 3.23. The van der Waals surface area contributed by atoms with Crippen LogP contribution in [0.1, 0.15) is 0 Å². The first kappa shape index (κ1) is 9.15. The minimum Gasteiger partial charge on any atom is -0.504 e. The molecule has 1 heterocycles. The zero-order valence-electron chi connectivity index (χ0n) is 7.99. The third-order valence-corrected chi connectivity index (χ3v) is 2.20. The van der Waals surface area contributed by atoms with Gasteiger partial charge < -0.3 is 19.9 Å². The molecule has 2 N–H and O–H groups in total. The maximum atomic E-state index is 9.50. The Balaban J connectivity index is 2.13. The summed E-state index contributed by atoms with van der Waals surface area (Å²) in [6, 6.07) is 4.95. The van der Waals surface area contributed by atoms with Gasteiger partial charge in [0.05, 0.1) is 7.11 Å². The minimum atomic E-state index is 0.151. The number of methoxy groups -OCH3 is 1. The molecule has 0 atom stereocenters. The molecule has 0 spiro atoms. The Hall–Kier alpha value is -1.42. The molecule has 2 rings (SSSR count). The number of nitrogens with one attached hydrogen (secondary N) is 1. The van der Waals surface area contributed by atoms with Crippen molar-refractivity contribution >= 4 is 0 Å². The summed E-state index contributed by atoms with van der Waals surface area (Å²) in [7, 11) is 1.58. The van der Waals surface area contributed by atoms with Crippen molar-refractivity contribution in [2.24, 2.45) is 0 Å². The van der Waals surface area contributed by atoms with Crippen molar-refractivity contribution in [1.82, 2.24) is 5.32 Å². The number of hydrogen-bond donors (Lipinski definition) is 2. The van der Waals surface area contributed by atoms with Gasteiger partial charge in [0.15, 0.2) is 11.5 Å². The lowest BCUT2D eigenvalue weighted by Gasteiger charge is -2.28. The first-order chi connectivity index (χ1) is 6.79. The summed E-state index contributed by atoms with van der Waals surface area (Å²) in [5, 5.41) is 12.6. The molecule has 1 aliphatic rings. The number of aromatic hydroxyl groups is 1. The van der Waals surface area contributed by atoms with Crippen LogP contribution in [0.3, 0.4) is 0 Å². The van der Waals surface area contributed by atoms with Crippen molar-refractivity contribution in [1.29, 1.82) is 0 Å². The van der Waals surface area contributed by atoms with Gasteiger partial charge in [0.1, 0.15) is 11.9 Å². The van der Waals surface area contributed by atoms with Crippen LogP contribution < -0.4 is 14.8 Å². The molecule has 14 heavy (non-hydrogen) atoms. The van der Waals surface area contributed by atoms with Gasteiger partial charge in [-0.25, -0.2) is 0 Å². The van der Waals surface area contributed by atoms with E-state index in [4.69, 9.17) is 9.47 Å². The highest BCUT2D eigenvalue weighted by molar-refractivity contribution is 5.44. The zero-order valence-corrected chi connectivity index (χ0v) is 7.99. The summed E-state index contributed by atoms with van der Waals surface area (Å²) in [6.07, 6.45) is 0.160.